The van der Waals surface area contributed by atoms with Gasteiger partial charge in [-0.15, -0.1) is 0 Å². The lowest BCUT2D eigenvalue weighted by Crippen LogP contribution is -2.28. The molecule has 30 nitrogen and oxygen atoms in total. The molecule has 6 fully saturated rings. The van der Waals surface area contributed by atoms with E-state index < -0.39 is 203 Å². The molecule has 6 atom stereocenters. The van der Waals surface area contributed by atoms with Gasteiger partial charge in [0, 0.05) is 183 Å². The molecular weight excluding hydrogens is 1600 g/mol. The number of cyclic esters (lactones) is 6. The zero-order chi connectivity index (χ0) is 136. The lowest BCUT2D eigenvalue weighted by atomic mass is 10.0. The Morgan fingerprint density at radius 3 is 0.722 bits per heavy atom. The van der Waals surface area contributed by atoms with E-state index >= 15 is 0 Å². The second kappa shape index (κ2) is 43.7. The number of ether oxygens (including phenoxy) is 6. The van der Waals surface area contributed by atoms with Gasteiger partial charge in [0.05, 0.1) is 69.1 Å². The molecule has 6 aromatic heterocycles. The Labute approximate surface area is 812 Å². The van der Waals surface area contributed by atoms with E-state index in [1.165, 1.54) is 11.9 Å². The minimum absolute atomic E-state index is 0.00264. The lowest BCUT2D eigenvalue weighted by Gasteiger charge is -2.09. The number of nitrogens with one attached hydrogen (secondary N) is 12. The summed E-state index contributed by atoms with van der Waals surface area (Å²) in [5.41, 5.74) is 0.342. The standard InChI is InChI=1S/6C16H21N3O2/c6*1-19(2)6-5-12-9-17-15-4-3-11(8-14(12)15)7-13-10-21-16(20)18-13/h6*3-4,8-9,13,17H,5-7,10H2,1-2H3,(H,18,20)/t6*13-/m000000/s1/i1D3,2D3,3D,4D,6D2,8D,9D;1D3,2D3,3D,4D,5D2,8D,9D;1D3,3D,4D,6D2,8D,9D;1D3,3D,4D,5D2,8D,9D;3D,4D,6D2,8D,9D;3D,4D,5D2,8D,9D. The molecule has 0 unspecified atom stereocenters. The van der Waals surface area contributed by atoms with Crippen molar-refractivity contribution in [3.05, 3.63) is 213 Å². The van der Waals surface area contributed by atoms with Gasteiger partial charge in [-0.3, -0.25) is 0 Å². The number of aromatic nitrogens is 6. The number of alkyl carbamates (subject to hydrolysis) is 6. The Kier molecular flexibility index (Phi) is 15.6. The highest BCUT2D eigenvalue weighted by molar-refractivity contribution is 5.88. The number of amides is 6. The highest BCUT2D eigenvalue weighted by Gasteiger charge is 2.29. The summed E-state index contributed by atoms with van der Waals surface area (Å²) < 4.78 is 463. The van der Waals surface area contributed by atoms with Crippen LogP contribution in [0.2, 0.25) is 0 Å². The third kappa shape index (κ3) is 26.5. The predicted molar refractivity (Wildman–Crippen MR) is 495 cm³/mol. The third-order valence-electron chi connectivity index (χ3n) is 18.9. The molecule has 6 aliphatic rings. The van der Waals surface area contributed by atoms with Crippen LogP contribution in [-0.4, -0.2) is 295 Å². The number of aryl methyl sites for hydroxylation is 3. The van der Waals surface area contributed by atoms with Crippen molar-refractivity contribution < 1.29 is 131 Å². The van der Waals surface area contributed by atoms with Gasteiger partial charge in [0.2, 0.25) is 0 Å². The number of fused-ring (bicyclic) bond motifs is 6. The van der Waals surface area contributed by atoms with Crippen LogP contribution in [0, 0.1) is 0 Å². The number of benzene rings is 6. The normalized spacial score (nSPS) is 25.7. The van der Waals surface area contributed by atoms with Gasteiger partial charge in [-0.05, 0) is 300 Å². The van der Waals surface area contributed by atoms with Gasteiger partial charge in [0.1, 0.15) is 39.6 Å². The van der Waals surface area contributed by atoms with Crippen LogP contribution in [0.15, 0.2) is 146 Å². The molecule has 672 valence electrons. The SMILES string of the molecule is [2H]c1[nH]c2c([2H])c([2H])c(C[C@H]3COC(=O)N3)c([2H])c2c1C([2H])([2H])CN(C([2H])([2H])[2H])C([2H])([2H])[2H].[2H]c1[nH]c2c([2H])c([2H])c(C[C@H]3COC(=O)N3)c([2H])c2c1C([2H])([2H])CN(C)C.[2H]c1[nH]c2c([2H])c([2H])c(C[C@H]3COC(=O)N3)c([2H])c2c1C([2H])([2H])CN(C)C([2H])([2H])[2H].[2H]c1[nH]c2c([2H])c([2H])c(C[C@H]3COC(=O)N3)c([2H])c2c1CC([2H])([2H])N(C([2H])([2H])[2H])C([2H])([2H])[2H].[2H]c1[nH]c2c([2H])c([2H])c(C[C@H]3COC(=O)N3)c([2H])c2c1CC([2H])([2H])N(C)C.[2H]c1[nH]c2c([2H])c([2H])c(C[C@H]3COC(=O)N3)c([2H])c2c1CC([2H])([2H])N(C)C([2H])([2H])[2H]. The number of carbonyl (C=O) groups is 6. The second-order valence-electron chi connectivity index (χ2n) is 29.5. The molecule has 6 amide bonds. The van der Waals surface area contributed by atoms with Crippen LogP contribution >= 0.6 is 0 Å². The van der Waals surface area contributed by atoms with Gasteiger partial charge < -0.3 is 120 Å². The summed E-state index contributed by atoms with van der Waals surface area (Å²) in [6.45, 7) is -26.8. The van der Waals surface area contributed by atoms with Crippen LogP contribution in [0.5, 0.6) is 0 Å². The maximum Gasteiger partial charge on any atom is 0.407 e. The van der Waals surface area contributed by atoms with E-state index in [2.05, 4.69) is 61.8 Å². The average Bonchev–Trinajstić information content (AvgIpc) is 1.56. The average molecular weight is 1780 g/mol. The van der Waals surface area contributed by atoms with Gasteiger partial charge in [0.25, 0.3) is 0 Å². The molecule has 6 aliphatic heterocycles. The van der Waals surface area contributed by atoms with Crippen LogP contribution in [0.25, 0.3) is 65.4 Å². The molecule has 12 N–H and O–H groups in total. The minimum Gasteiger partial charge on any atom is -0.447 e. The first-order valence-electron chi connectivity index (χ1n) is 66.0. The molecule has 0 aliphatic carbocycles. The number of nitrogens with zero attached hydrogens (tertiary/aromatic N) is 6. The molecule has 6 saturated heterocycles. The molecule has 6 aromatic carbocycles. The molecule has 18 rings (SSSR count). The summed E-state index contributed by atoms with van der Waals surface area (Å²) in [4.78, 5) is 87.4. The number of rotatable bonds is 30. The number of hydrogen-bond donors (Lipinski definition) is 12. The molecule has 0 spiro atoms. The molecule has 0 radical (unpaired) electrons. The summed E-state index contributed by atoms with van der Waals surface area (Å²) in [6.07, 6.45) is -13.8. The van der Waals surface area contributed by atoms with Crippen LogP contribution in [0.1, 0.15) is 141 Å². The number of carbonyl (C=O) groups excluding carboxylic acids is 6. The molecule has 126 heavy (non-hydrogen) atoms. The van der Waals surface area contributed by atoms with E-state index in [0.717, 1.165) is 11.9 Å². The van der Waals surface area contributed by atoms with Gasteiger partial charge in [0.15, 0.2) is 0 Å². The van der Waals surface area contributed by atoms with E-state index in [0.29, 0.717) is 10.5 Å². The van der Waals surface area contributed by atoms with Crippen molar-refractivity contribution in [2.45, 2.75) is 113 Å². The first-order chi connectivity index (χ1) is 82.4. The number of likely N-dealkylation sites (N-methyl/N-ethyl adjacent to an activating group) is 6. The van der Waals surface area contributed by atoms with Gasteiger partial charge in [-0.2, -0.15) is 0 Å². The molecule has 0 saturated carbocycles. The summed E-state index contributed by atoms with van der Waals surface area (Å²) >= 11 is 0. The van der Waals surface area contributed by atoms with Crippen LogP contribution in [-0.2, 0) is 105 Å². The minimum atomic E-state index is -3.33. The first kappa shape index (κ1) is 44.9. The van der Waals surface area contributed by atoms with Crippen molar-refractivity contribution in [1.29, 1.82) is 0 Å². The van der Waals surface area contributed by atoms with Gasteiger partial charge >= 0.3 is 36.6 Å². The highest BCUT2D eigenvalue weighted by atomic mass is 16.6. The number of aromatic amines is 6. The fourth-order valence-corrected chi connectivity index (χ4v) is 12.9. The third-order valence-corrected chi connectivity index (χ3v) is 18.9. The largest absolute Gasteiger partial charge is 0.447 e. The monoisotopic (exact) mass is 1780 g/mol. The molecule has 0 bridgehead atoms. The van der Waals surface area contributed by atoms with Crippen LogP contribution < -0.4 is 31.9 Å². The van der Waals surface area contributed by atoms with E-state index in [1.54, 1.807) is 33.1 Å². The Morgan fingerprint density at radius 2 is 0.500 bits per heavy atom. The summed E-state index contributed by atoms with van der Waals surface area (Å²) in [7, 11) is 8.95. The number of hydrogen-bond acceptors (Lipinski definition) is 18. The number of H-pyrrole nitrogens is 6. The molecule has 12 aromatic rings. The second-order valence-corrected chi connectivity index (χ2v) is 29.5. The Hall–Kier alpha value is -12.1. The fourth-order valence-electron chi connectivity index (χ4n) is 12.9. The molecule has 12 heterocycles. The quantitative estimate of drug-likeness (QED) is 0.0186. The zero-order valence-electron chi connectivity index (χ0n) is 123. The van der Waals surface area contributed by atoms with E-state index in [-0.39, 0.29) is 349 Å². The lowest BCUT2D eigenvalue weighted by molar-refractivity contribution is 0.176. The van der Waals surface area contributed by atoms with E-state index in [4.69, 9.17) is 102 Å². The van der Waals surface area contributed by atoms with Gasteiger partial charge in [-0.1, -0.05) is 36.3 Å². The van der Waals surface area contributed by atoms with Gasteiger partial charge in [-0.25, -0.2) is 28.8 Å². The van der Waals surface area contributed by atoms with Crippen molar-refractivity contribution in [1.82, 2.24) is 91.2 Å². The fraction of sp³-hybridized carbons (Fsp3) is 0.438. The van der Waals surface area contributed by atoms with E-state index in [9.17, 15) is 28.8 Å². The molecular formula is C96H126N18O12. The van der Waals surface area contributed by atoms with Crippen LogP contribution in [0.4, 0.5) is 28.8 Å². The smallest absolute Gasteiger partial charge is 0.407 e. The molecule has 30 heteroatoms. The Balaban J connectivity index is 0.000000176. The first-order valence-corrected chi connectivity index (χ1v) is 39.0. The Morgan fingerprint density at radius 1 is 0.286 bits per heavy atom. The maximum atomic E-state index is 11.3. The van der Waals surface area contributed by atoms with Crippen molar-refractivity contribution >= 4 is 102 Å². The topological polar surface area (TPSA) is 344 Å². The predicted octanol–water partition coefficient (Wildman–Crippen LogP) is 11.5. The highest BCUT2D eigenvalue weighted by Crippen LogP contribution is 2.29. The zero-order valence-corrected chi connectivity index (χ0v) is 68.8. The maximum absolute atomic E-state index is 11.3. The van der Waals surface area contributed by atoms with Crippen molar-refractivity contribution in [3.8, 4) is 0 Å². The van der Waals surface area contributed by atoms with Crippen molar-refractivity contribution in [2.75, 3.05) is 163 Å². The van der Waals surface area contributed by atoms with Crippen molar-refractivity contribution in [2.24, 2.45) is 0 Å². The summed E-state index contributed by atoms with van der Waals surface area (Å²) in [5, 5.41) is 15.5. The van der Waals surface area contributed by atoms with Crippen molar-refractivity contribution in [3.63, 3.8) is 0 Å². The van der Waals surface area contributed by atoms with E-state index in [1.807, 2.05) is 0 Å². The Bertz CT molecular complexity index is 8460. The summed E-state index contributed by atoms with van der Waals surface area (Å²) in [6, 6.07) is -7.32. The van der Waals surface area contributed by atoms with Crippen LogP contribution in [0.3, 0.4) is 0 Å². The summed E-state index contributed by atoms with van der Waals surface area (Å²) in [5.74, 6) is 0.